The largest absolute Gasteiger partial charge is 0.330 e. The number of benzene rings is 1. The van der Waals surface area contributed by atoms with Crippen molar-refractivity contribution in [3.05, 3.63) is 35.1 Å². The van der Waals surface area contributed by atoms with E-state index in [4.69, 9.17) is 5.73 Å². The highest BCUT2D eigenvalue weighted by molar-refractivity contribution is 5.29. The number of alkyl halides is 2. The summed E-state index contributed by atoms with van der Waals surface area (Å²) < 4.78 is 37.3. The first-order valence-corrected chi connectivity index (χ1v) is 3.91. The fourth-order valence-electron chi connectivity index (χ4n) is 1.16. The fraction of sp³-hybridized carbons (Fsp3) is 0.333. The molecule has 0 aliphatic heterocycles. The Hall–Kier alpha value is -1.03. The van der Waals surface area contributed by atoms with E-state index >= 15 is 0 Å². The van der Waals surface area contributed by atoms with Crippen molar-refractivity contribution < 1.29 is 13.2 Å². The van der Waals surface area contributed by atoms with Gasteiger partial charge in [-0.2, -0.15) is 0 Å². The van der Waals surface area contributed by atoms with E-state index in [0.29, 0.717) is 0 Å². The molecular weight excluding hydrogens is 179 g/mol. The van der Waals surface area contributed by atoms with Crippen LogP contribution in [0, 0.1) is 5.82 Å². The molecule has 0 radical (unpaired) electrons. The molecule has 0 bridgehead atoms. The lowest BCUT2D eigenvalue weighted by Crippen LogP contribution is -2.06. The van der Waals surface area contributed by atoms with Crippen molar-refractivity contribution in [2.24, 2.45) is 5.73 Å². The smallest absolute Gasteiger partial charge is 0.264 e. The number of nitrogens with two attached hydrogens (primary N) is 1. The van der Waals surface area contributed by atoms with Gasteiger partial charge < -0.3 is 5.73 Å². The molecule has 4 heteroatoms. The molecule has 72 valence electrons. The zero-order valence-electron chi connectivity index (χ0n) is 6.93. The van der Waals surface area contributed by atoms with E-state index in [1.54, 1.807) is 0 Å². The Balaban J connectivity index is 3.03. The van der Waals surface area contributed by atoms with Crippen molar-refractivity contribution >= 4 is 0 Å². The third-order valence-electron chi connectivity index (χ3n) is 1.75. The molecule has 0 heterocycles. The molecule has 0 aliphatic carbocycles. The van der Waals surface area contributed by atoms with E-state index in [1.807, 2.05) is 0 Å². The molecule has 0 atom stereocenters. The van der Waals surface area contributed by atoms with Crippen LogP contribution in [-0.4, -0.2) is 6.54 Å². The molecule has 0 fully saturated rings. The summed E-state index contributed by atoms with van der Waals surface area (Å²) in [6, 6.07) is 3.24. The van der Waals surface area contributed by atoms with Crippen LogP contribution in [-0.2, 0) is 6.42 Å². The molecule has 0 aromatic heterocycles. The van der Waals surface area contributed by atoms with Crippen molar-refractivity contribution in [2.75, 3.05) is 6.54 Å². The van der Waals surface area contributed by atoms with Gasteiger partial charge in [0.05, 0.1) is 0 Å². The summed E-state index contributed by atoms with van der Waals surface area (Å²) in [5, 5.41) is 0. The Bertz CT molecular complexity index is 286. The summed E-state index contributed by atoms with van der Waals surface area (Å²) in [7, 11) is 0. The van der Waals surface area contributed by atoms with Crippen molar-refractivity contribution in [2.45, 2.75) is 12.8 Å². The van der Waals surface area contributed by atoms with Gasteiger partial charge in [0.25, 0.3) is 6.43 Å². The van der Waals surface area contributed by atoms with Crippen LogP contribution in [0.4, 0.5) is 13.2 Å². The van der Waals surface area contributed by atoms with E-state index in [-0.39, 0.29) is 24.1 Å². The van der Waals surface area contributed by atoms with Gasteiger partial charge in [0.15, 0.2) is 0 Å². The zero-order valence-corrected chi connectivity index (χ0v) is 6.93. The van der Waals surface area contributed by atoms with Gasteiger partial charge in [-0.3, -0.25) is 0 Å². The molecule has 0 amide bonds. The van der Waals surface area contributed by atoms with Crippen molar-refractivity contribution in [1.82, 2.24) is 0 Å². The van der Waals surface area contributed by atoms with Gasteiger partial charge in [-0.05, 0) is 30.7 Å². The number of hydrogen-bond acceptors (Lipinski definition) is 1. The van der Waals surface area contributed by atoms with Gasteiger partial charge in [-0.1, -0.05) is 6.07 Å². The van der Waals surface area contributed by atoms with Crippen LogP contribution >= 0.6 is 0 Å². The first kappa shape index (κ1) is 10.1. The van der Waals surface area contributed by atoms with Gasteiger partial charge >= 0.3 is 0 Å². The topological polar surface area (TPSA) is 26.0 Å². The van der Waals surface area contributed by atoms with Crippen LogP contribution < -0.4 is 5.73 Å². The molecular formula is C9H10F3N. The molecule has 0 aliphatic rings. The lowest BCUT2D eigenvalue weighted by atomic mass is 10.0. The summed E-state index contributed by atoms with van der Waals surface area (Å²) in [5.74, 6) is -0.507. The zero-order chi connectivity index (χ0) is 9.84. The average molecular weight is 189 g/mol. The Kier molecular flexibility index (Phi) is 3.31. The lowest BCUT2D eigenvalue weighted by molar-refractivity contribution is 0.150. The summed E-state index contributed by atoms with van der Waals surface area (Å²) in [6.45, 7) is 0.239. The maximum absolute atomic E-state index is 12.6. The maximum Gasteiger partial charge on any atom is 0.264 e. The van der Waals surface area contributed by atoms with Gasteiger partial charge in [0.1, 0.15) is 5.82 Å². The Morgan fingerprint density at radius 1 is 1.31 bits per heavy atom. The quantitative estimate of drug-likeness (QED) is 0.775. The lowest BCUT2D eigenvalue weighted by Gasteiger charge is -2.07. The van der Waals surface area contributed by atoms with Crippen LogP contribution in [0.15, 0.2) is 18.2 Å². The third-order valence-corrected chi connectivity index (χ3v) is 1.75. The van der Waals surface area contributed by atoms with E-state index in [1.165, 1.54) is 0 Å². The molecule has 1 aromatic carbocycles. The van der Waals surface area contributed by atoms with Gasteiger partial charge in [-0.15, -0.1) is 0 Å². The predicted octanol–water partition coefficient (Wildman–Crippen LogP) is 2.26. The first-order valence-electron chi connectivity index (χ1n) is 3.91. The normalized spacial score (nSPS) is 10.8. The molecule has 0 saturated carbocycles. The minimum absolute atomic E-state index is 0.133. The third kappa shape index (κ3) is 2.45. The van der Waals surface area contributed by atoms with E-state index < -0.39 is 12.2 Å². The monoisotopic (exact) mass is 189 g/mol. The van der Waals surface area contributed by atoms with Crippen molar-refractivity contribution in [1.29, 1.82) is 0 Å². The molecule has 2 N–H and O–H groups in total. The number of rotatable bonds is 3. The maximum atomic E-state index is 12.6. The van der Waals surface area contributed by atoms with E-state index in [2.05, 4.69) is 0 Å². The molecule has 1 nitrogen and oxygen atoms in total. The minimum atomic E-state index is -2.57. The van der Waals surface area contributed by atoms with Crippen molar-refractivity contribution in [3.63, 3.8) is 0 Å². The molecule has 1 rings (SSSR count). The Labute approximate surface area is 74.4 Å². The SMILES string of the molecule is NCCc1cc(F)ccc1C(F)F. The molecule has 0 saturated heterocycles. The molecule has 0 spiro atoms. The first-order chi connectivity index (χ1) is 6.15. The van der Waals surface area contributed by atoms with Crippen LogP contribution in [0.3, 0.4) is 0 Å². The van der Waals surface area contributed by atoms with E-state index in [0.717, 1.165) is 18.2 Å². The second kappa shape index (κ2) is 4.28. The summed E-state index contributed by atoms with van der Waals surface area (Å²) >= 11 is 0. The summed E-state index contributed by atoms with van der Waals surface area (Å²) in [4.78, 5) is 0. The number of halogens is 3. The second-order valence-corrected chi connectivity index (χ2v) is 2.68. The van der Waals surface area contributed by atoms with Crippen LogP contribution in [0.5, 0.6) is 0 Å². The van der Waals surface area contributed by atoms with Crippen LogP contribution in [0.2, 0.25) is 0 Å². The Morgan fingerprint density at radius 3 is 2.54 bits per heavy atom. The highest BCUT2D eigenvalue weighted by Gasteiger charge is 2.12. The number of hydrogen-bond donors (Lipinski definition) is 1. The minimum Gasteiger partial charge on any atom is -0.330 e. The average Bonchev–Trinajstić information content (AvgIpc) is 2.04. The molecule has 1 aromatic rings. The Morgan fingerprint density at radius 2 is 2.00 bits per heavy atom. The van der Waals surface area contributed by atoms with Crippen LogP contribution in [0.1, 0.15) is 17.6 Å². The van der Waals surface area contributed by atoms with Gasteiger partial charge in [0, 0.05) is 5.56 Å². The highest BCUT2D eigenvalue weighted by atomic mass is 19.3. The predicted molar refractivity (Wildman–Crippen MR) is 44.1 cm³/mol. The summed E-state index contributed by atoms with van der Waals surface area (Å²) in [6.07, 6.45) is -2.29. The van der Waals surface area contributed by atoms with Crippen molar-refractivity contribution in [3.8, 4) is 0 Å². The summed E-state index contributed by atoms with van der Waals surface area (Å²) in [5.41, 5.74) is 5.37. The van der Waals surface area contributed by atoms with Gasteiger partial charge in [0.2, 0.25) is 0 Å². The highest BCUT2D eigenvalue weighted by Crippen LogP contribution is 2.23. The second-order valence-electron chi connectivity index (χ2n) is 2.68. The molecule has 0 unspecified atom stereocenters. The van der Waals surface area contributed by atoms with E-state index in [9.17, 15) is 13.2 Å². The van der Waals surface area contributed by atoms with Gasteiger partial charge in [-0.25, -0.2) is 13.2 Å². The fourth-order valence-corrected chi connectivity index (χ4v) is 1.16. The standard InChI is InChI=1S/C9H10F3N/c10-7-1-2-8(9(11)12)6(5-7)3-4-13/h1-2,5,9H,3-4,13H2. The van der Waals surface area contributed by atoms with Crippen LogP contribution in [0.25, 0.3) is 0 Å². The molecule has 13 heavy (non-hydrogen) atoms.